The highest BCUT2D eigenvalue weighted by Gasteiger charge is 2.45. The molecule has 14 heteroatoms. The average Bonchev–Trinajstić information content (AvgIpc) is 3.41. The number of carbonyl (C=O) groups excluding carboxylic acids is 2. The van der Waals surface area contributed by atoms with Gasteiger partial charge in [0, 0.05) is 10.7 Å². The molecule has 0 saturated carbocycles. The quantitative estimate of drug-likeness (QED) is 0.230. The lowest BCUT2D eigenvalue weighted by Gasteiger charge is -2.22. The van der Waals surface area contributed by atoms with Gasteiger partial charge in [-0.3, -0.25) is 19.8 Å². The molecule has 1 N–H and O–H groups in total. The lowest BCUT2D eigenvalue weighted by molar-refractivity contribution is -0.752. The Kier molecular flexibility index (Phi) is 8.49. The van der Waals surface area contributed by atoms with Crippen LogP contribution in [-0.4, -0.2) is 36.3 Å². The number of hydrogen-bond donors (Lipinski definition) is 1. The molecule has 222 valence electrons. The van der Waals surface area contributed by atoms with Crippen molar-refractivity contribution in [1.82, 2.24) is 10.2 Å². The van der Waals surface area contributed by atoms with Gasteiger partial charge in [-0.05, 0) is 74.6 Å². The van der Waals surface area contributed by atoms with E-state index >= 15 is 0 Å². The van der Waals surface area contributed by atoms with Gasteiger partial charge in [0.15, 0.2) is 5.11 Å². The van der Waals surface area contributed by atoms with Crippen LogP contribution in [-0.2, 0) is 33.2 Å². The minimum atomic E-state index is -4.15. The fourth-order valence-corrected chi connectivity index (χ4v) is 5.93. The maximum absolute atomic E-state index is 13.8. The smallest absolute Gasteiger partial charge is 0.289 e. The first-order valence-electron chi connectivity index (χ1n) is 13.1. The number of nitrogens with one attached hydrogen (secondary N) is 1. The number of nitrogens with zero attached hydrogens (tertiary/aromatic N) is 5. The first-order chi connectivity index (χ1) is 20.4. The van der Waals surface area contributed by atoms with Crippen molar-refractivity contribution in [2.45, 2.75) is 37.8 Å². The molecule has 5 rings (SSSR count). The van der Waals surface area contributed by atoms with E-state index in [0.29, 0.717) is 16.4 Å². The van der Waals surface area contributed by atoms with E-state index in [1.165, 1.54) is 21.7 Å². The van der Waals surface area contributed by atoms with Crippen LogP contribution in [0.5, 0.6) is 0 Å². The van der Waals surface area contributed by atoms with E-state index in [-0.39, 0.29) is 34.2 Å². The van der Waals surface area contributed by atoms with Crippen molar-refractivity contribution < 1.29 is 27.2 Å². The Balaban J connectivity index is 1.49. The normalized spacial score (nSPS) is 15.8. The van der Waals surface area contributed by atoms with Crippen LogP contribution in [0.3, 0.4) is 0 Å². The molecule has 0 aliphatic carbocycles. The predicted octanol–water partition coefficient (Wildman–Crippen LogP) is 3.15. The summed E-state index contributed by atoms with van der Waals surface area (Å²) in [5, 5.41) is 7.28. The van der Waals surface area contributed by atoms with E-state index in [4.69, 9.17) is 28.3 Å². The fourth-order valence-electron chi connectivity index (χ4n) is 4.48. The van der Waals surface area contributed by atoms with Crippen LogP contribution in [0.15, 0.2) is 86.6 Å². The van der Waals surface area contributed by atoms with Gasteiger partial charge in [0.05, 0.1) is 17.0 Å². The van der Waals surface area contributed by atoms with Gasteiger partial charge in [0.25, 0.3) is 27.2 Å². The molecule has 0 radical (unpaired) electrons. The standard InChI is InChI=1S/C29H27ClN6O5S2/c1-18-4-12-22(13-5-18)36-28(38)24(16-26(37)31-21-10-8-20(30)9-11-21)35(29(36)42)17-25-27(41-33-34(25)3)32-43(39,40)23-14-6-19(2)7-15-23/h4-15,24H,16-17H2,1-3H3,(H,31,37)/b32-27-. The van der Waals surface area contributed by atoms with Crippen molar-refractivity contribution in [1.29, 1.82) is 0 Å². The zero-order chi connectivity index (χ0) is 30.9. The van der Waals surface area contributed by atoms with Crippen LogP contribution in [0.1, 0.15) is 23.2 Å². The Morgan fingerprint density at radius 3 is 2.28 bits per heavy atom. The Morgan fingerprint density at radius 2 is 1.65 bits per heavy atom. The number of sulfonamides is 1. The van der Waals surface area contributed by atoms with Crippen LogP contribution in [0.4, 0.5) is 11.4 Å². The second kappa shape index (κ2) is 12.1. The Labute approximate surface area is 258 Å². The van der Waals surface area contributed by atoms with Crippen LogP contribution in [0, 0.1) is 13.8 Å². The molecule has 11 nitrogen and oxygen atoms in total. The zero-order valence-corrected chi connectivity index (χ0v) is 25.8. The minimum Gasteiger partial charge on any atom is -0.486 e. The molecule has 2 heterocycles. The molecule has 1 aliphatic rings. The molecule has 1 atom stereocenters. The number of thiocarbonyl (C=S) groups is 1. The van der Waals surface area contributed by atoms with Crippen molar-refractivity contribution in [3.8, 4) is 0 Å². The Bertz CT molecular complexity index is 1870. The summed E-state index contributed by atoms with van der Waals surface area (Å²) in [6.45, 7) is 3.65. The third-order valence-electron chi connectivity index (χ3n) is 6.85. The number of amides is 2. The summed E-state index contributed by atoms with van der Waals surface area (Å²) >= 11 is 11.7. The van der Waals surface area contributed by atoms with E-state index in [1.54, 1.807) is 60.5 Å². The predicted molar refractivity (Wildman–Crippen MR) is 162 cm³/mol. The van der Waals surface area contributed by atoms with Gasteiger partial charge in [-0.25, -0.2) is 4.68 Å². The van der Waals surface area contributed by atoms with Crippen molar-refractivity contribution in [3.05, 3.63) is 100 Å². The number of rotatable bonds is 8. The molecule has 0 bridgehead atoms. The zero-order valence-electron chi connectivity index (χ0n) is 23.4. The summed E-state index contributed by atoms with van der Waals surface area (Å²) in [6, 6.07) is 19.0. The highest BCUT2D eigenvalue weighted by Crippen LogP contribution is 2.29. The molecule has 1 aliphatic heterocycles. The van der Waals surface area contributed by atoms with Crippen molar-refractivity contribution >= 4 is 62.1 Å². The second-order valence-electron chi connectivity index (χ2n) is 10.0. The first-order valence-corrected chi connectivity index (χ1v) is 15.3. The number of aromatic nitrogens is 2. The van der Waals surface area contributed by atoms with Crippen molar-refractivity contribution in [2.24, 2.45) is 11.4 Å². The van der Waals surface area contributed by atoms with Crippen LogP contribution in [0.25, 0.3) is 0 Å². The summed E-state index contributed by atoms with van der Waals surface area (Å²) < 4.78 is 36.6. The van der Waals surface area contributed by atoms with Crippen molar-refractivity contribution in [3.63, 3.8) is 0 Å². The highest BCUT2D eigenvalue weighted by molar-refractivity contribution is 7.90. The maximum atomic E-state index is 13.8. The Morgan fingerprint density at radius 1 is 1.05 bits per heavy atom. The van der Waals surface area contributed by atoms with Gasteiger partial charge in [-0.15, -0.1) is 4.40 Å². The summed E-state index contributed by atoms with van der Waals surface area (Å²) in [4.78, 5) is 29.8. The molecule has 1 aromatic heterocycles. The molecule has 0 spiro atoms. The van der Waals surface area contributed by atoms with Crippen LogP contribution < -0.4 is 25.7 Å². The van der Waals surface area contributed by atoms with E-state index in [2.05, 4.69) is 15.0 Å². The molecule has 2 amide bonds. The summed E-state index contributed by atoms with van der Waals surface area (Å²) in [7, 11) is -2.60. The third-order valence-corrected chi connectivity index (χ3v) is 8.79. The molecule has 1 fully saturated rings. The van der Waals surface area contributed by atoms with Gasteiger partial charge in [0.1, 0.15) is 19.6 Å². The van der Waals surface area contributed by atoms with Gasteiger partial charge in [-0.1, -0.05) is 47.0 Å². The maximum Gasteiger partial charge on any atom is 0.289 e. The number of carbonyl (C=O) groups is 2. The third kappa shape index (κ3) is 6.53. The molecular weight excluding hydrogens is 612 g/mol. The SMILES string of the molecule is Cc1ccc(N2C(=O)C(CC(=O)Nc3ccc(Cl)cc3)N(Cc3/c(=N/S(=O)(=O)c4ccc(C)cc4)o[n-][n+]3C)C2=S)cc1. The van der Waals surface area contributed by atoms with Crippen molar-refractivity contribution in [2.75, 3.05) is 10.2 Å². The molecule has 1 unspecified atom stereocenters. The molecule has 43 heavy (non-hydrogen) atoms. The van der Waals surface area contributed by atoms with E-state index < -0.39 is 27.9 Å². The number of halogens is 1. The number of hydrogen-bond acceptors (Lipinski definition) is 6. The lowest BCUT2D eigenvalue weighted by atomic mass is 10.1. The van der Waals surface area contributed by atoms with E-state index in [1.807, 2.05) is 26.0 Å². The fraction of sp³-hybridized carbons (Fsp3) is 0.207. The summed E-state index contributed by atoms with van der Waals surface area (Å²) in [5.74, 6) is -0.842. The minimum absolute atomic E-state index is 0.0164. The molecule has 4 aromatic rings. The van der Waals surface area contributed by atoms with Gasteiger partial charge >= 0.3 is 0 Å². The highest BCUT2D eigenvalue weighted by atomic mass is 35.5. The number of benzene rings is 3. The van der Waals surface area contributed by atoms with E-state index in [0.717, 1.165) is 11.1 Å². The van der Waals surface area contributed by atoms with Gasteiger partial charge in [0.2, 0.25) is 5.91 Å². The van der Waals surface area contributed by atoms with Gasteiger partial charge in [-0.2, -0.15) is 8.42 Å². The molecule has 3 aromatic carbocycles. The monoisotopic (exact) mass is 638 g/mol. The van der Waals surface area contributed by atoms with E-state index in [9.17, 15) is 18.0 Å². The molecular formula is C29H27ClN6O5S2. The first kappa shape index (κ1) is 30.1. The van der Waals surface area contributed by atoms with Crippen LogP contribution in [0.2, 0.25) is 5.02 Å². The van der Waals surface area contributed by atoms with Crippen LogP contribution >= 0.6 is 23.8 Å². The average molecular weight is 639 g/mol. The Hall–Kier alpha value is -4.33. The lowest BCUT2D eigenvalue weighted by Crippen LogP contribution is -2.45. The summed E-state index contributed by atoms with van der Waals surface area (Å²) in [6.07, 6.45) is -0.243. The topological polar surface area (TPSA) is 130 Å². The number of aryl methyl sites for hydroxylation is 3. The summed E-state index contributed by atoms with van der Waals surface area (Å²) in [5.41, 5.74) is 2.90. The largest absolute Gasteiger partial charge is 0.486 e. The second-order valence-corrected chi connectivity index (χ2v) is 12.4. The van der Waals surface area contributed by atoms with Gasteiger partial charge < -0.3 is 14.7 Å². The number of anilines is 2. The molecule has 1 saturated heterocycles.